The quantitative estimate of drug-likeness (QED) is 0.162. The highest BCUT2D eigenvalue weighted by molar-refractivity contribution is 6.23. The van der Waals surface area contributed by atoms with Crippen molar-refractivity contribution in [1.29, 1.82) is 0 Å². The summed E-state index contributed by atoms with van der Waals surface area (Å²) in [5.74, 6) is 1.81. The maximum Gasteiger partial charge on any atom is 0.164 e. The van der Waals surface area contributed by atoms with E-state index in [4.69, 9.17) is 19.4 Å². The van der Waals surface area contributed by atoms with Crippen LogP contribution in [0.2, 0.25) is 0 Å². The van der Waals surface area contributed by atoms with Crippen molar-refractivity contribution >= 4 is 97.6 Å². The van der Waals surface area contributed by atoms with Gasteiger partial charge in [0.25, 0.3) is 0 Å². The van der Waals surface area contributed by atoms with E-state index in [2.05, 4.69) is 229 Å². The van der Waals surface area contributed by atoms with Gasteiger partial charge in [-0.3, -0.25) is 0 Å². The molecule has 0 aliphatic heterocycles. The lowest BCUT2D eigenvalue weighted by molar-refractivity contribution is 0.669. The van der Waals surface area contributed by atoms with Gasteiger partial charge in [-0.1, -0.05) is 176 Å². The number of benzene rings is 12. The maximum atomic E-state index is 6.69. The highest BCUT2D eigenvalue weighted by atomic mass is 16.3. The standard InChI is InChI=1S/C65H38N4O/c1-2-12-39(13-3-1)40-22-24-43(25-23-40)63-66-64(68-65(67-63)56-35-46-17-7-8-18-49(46)51-20-10-11-21-52(51)56)47-29-32-59-57(36-47)61-54-38-48(30-26-42(54)28-33-60(61)70-59)69-58-37-45-16-5-4-15-44(45)34-55(58)53-31-27-41-14-6-9-19-50(41)62(53)69/h1-38H. The molecule has 0 spiro atoms. The predicted octanol–water partition coefficient (Wildman–Crippen LogP) is 17.3. The lowest BCUT2D eigenvalue weighted by Gasteiger charge is -2.13. The van der Waals surface area contributed by atoms with E-state index >= 15 is 0 Å². The summed E-state index contributed by atoms with van der Waals surface area (Å²) in [5, 5.41) is 16.2. The second-order valence-electron chi connectivity index (χ2n) is 18.3. The van der Waals surface area contributed by atoms with Crippen molar-refractivity contribution < 1.29 is 4.42 Å². The molecule has 0 bridgehead atoms. The SMILES string of the molecule is c1ccc(-c2ccc(-c3nc(-c4ccc5oc6ccc7ccc(-n8c9cc%10ccccc%10cc9c9ccc%10ccccc%10c98)cc7c6c5c4)nc(-c4cc5ccccc5c5ccccc45)n3)cc2)cc1. The van der Waals surface area contributed by atoms with Crippen molar-refractivity contribution in [2.45, 2.75) is 0 Å². The third kappa shape index (κ3) is 5.95. The lowest BCUT2D eigenvalue weighted by atomic mass is 9.96. The van der Waals surface area contributed by atoms with Crippen molar-refractivity contribution in [3.8, 4) is 51.0 Å². The summed E-state index contributed by atoms with van der Waals surface area (Å²) in [5.41, 5.74) is 10.1. The average molecular weight is 891 g/mol. The third-order valence-electron chi connectivity index (χ3n) is 14.4. The first kappa shape index (κ1) is 38.6. The number of rotatable bonds is 5. The van der Waals surface area contributed by atoms with Crippen LogP contribution >= 0.6 is 0 Å². The van der Waals surface area contributed by atoms with E-state index in [1.54, 1.807) is 0 Å². The van der Waals surface area contributed by atoms with Gasteiger partial charge in [-0.25, -0.2) is 15.0 Å². The monoisotopic (exact) mass is 890 g/mol. The Kier molecular flexibility index (Phi) is 8.29. The Hall–Kier alpha value is -9.45. The van der Waals surface area contributed by atoms with Gasteiger partial charge in [-0.05, 0) is 114 Å². The molecule has 0 N–H and O–H groups in total. The van der Waals surface area contributed by atoms with E-state index < -0.39 is 0 Å². The van der Waals surface area contributed by atoms with Gasteiger partial charge in [0, 0.05) is 49.3 Å². The molecule has 324 valence electrons. The Labute approximate surface area is 401 Å². The van der Waals surface area contributed by atoms with Gasteiger partial charge in [0.05, 0.1) is 11.0 Å². The smallest absolute Gasteiger partial charge is 0.164 e. The van der Waals surface area contributed by atoms with Crippen LogP contribution in [0.1, 0.15) is 0 Å². The molecule has 15 aromatic rings. The number of hydrogen-bond donors (Lipinski definition) is 0. The van der Waals surface area contributed by atoms with Crippen LogP contribution < -0.4 is 0 Å². The maximum absolute atomic E-state index is 6.69. The van der Waals surface area contributed by atoms with Gasteiger partial charge in [-0.2, -0.15) is 0 Å². The minimum absolute atomic E-state index is 0.589. The Balaban J connectivity index is 0.951. The Morgan fingerprint density at radius 1 is 0.300 bits per heavy atom. The number of aromatic nitrogens is 4. The molecular weight excluding hydrogens is 853 g/mol. The van der Waals surface area contributed by atoms with Gasteiger partial charge in [0.1, 0.15) is 11.2 Å². The van der Waals surface area contributed by atoms with Gasteiger partial charge in [0.2, 0.25) is 0 Å². The van der Waals surface area contributed by atoms with Crippen LogP contribution in [0.5, 0.6) is 0 Å². The second-order valence-corrected chi connectivity index (χ2v) is 18.3. The van der Waals surface area contributed by atoms with Crippen LogP contribution in [0.15, 0.2) is 235 Å². The number of furan rings is 1. The van der Waals surface area contributed by atoms with Gasteiger partial charge >= 0.3 is 0 Å². The summed E-state index contributed by atoms with van der Waals surface area (Å²) in [6.07, 6.45) is 0. The van der Waals surface area contributed by atoms with E-state index in [9.17, 15) is 0 Å². The summed E-state index contributed by atoms with van der Waals surface area (Å²) in [6.45, 7) is 0. The Morgan fingerprint density at radius 3 is 1.71 bits per heavy atom. The largest absolute Gasteiger partial charge is 0.456 e. The summed E-state index contributed by atoms with van der Waals surface area (Å²) in [7, 11) is 0. The highest BCUT2D eigenvalue weighted by Gasteiger charge is 2.21. The minimum atomic E-state index is 0.589. The zero-order valence-corrected chi connectivity index (χ0v) is 37.6. The Bertz CT molecular complexity index is 4640. The molecule has 0 saturated carbocycles. The van der Waals surface area contributed by atoms with E-state index in [1.165, 1.54) is 48.7 Å². The van der Waals surface area contributed by atoms with Crippen molar-refractivity contribution in [2.75, 3.05) is 0 Å². The third-order valence-corrected chi connectivity index (χ3v) is 14.4. The van der Waals surface area contributed by atoms with Crippen molar-refractivity contribution in [3.05, 3.63) is 231 Å². The fourth-order valence-electron chi connectivity index (χ4n) is 11.0. The predicted molar refractivity (Wildman–Crippen MR) is 291 cm³/mol. The summed E-state index contributed by atoms with van der Waals surface area (Å²) in [4.78, 5) is 15.9. The van der Waals surface area contributed by atoms with Gasteiger partial charge in [-0.15, -0.1) is 0 Å². The van der Waals surface area contributed by atoms with Crippen molar-refractivity contribution in [3.63, 3.8) is 0 Å². The number of hydrogen-bond acceptors (Lipinski definition) is 4. The molecule has 3 heterocycles. The molecule has 70 heavy (non-hydrogen) atoms. The molecule has 0 aliphatic rings. The zero-order valence-electron chi connectivity index (χ0n) is 37.6. The number of nitrogens with zero attached hydrogens (tertiary/aromatic N) is 4. The van der Waals surface area contributed by atoms with Gasteiger partial charge in [0.15, 0.2) is 17.5 Å². The normalized spacial score (nSPS) is 12.0. The number of fused-ring (bicyclic) bond motifs is 14. The van der Waals surface area contributed by atoms with Crippen LogP contribution in [0, 0.1) is 0 Å². The van der Waals surface area contributed by atoms with Gasteiger partial charge < -0.3 is 8.98 Å². The zero-order chi connectivity index (χ0) is 45.9. The molecule has 0 radical (unpaired) electrons. The topological polar surface area (TPSA) is 56.7 Å². The van der Waals surface area contributed by atoms with E-state index in [1.807, 2.05) is 6.07 Å². The van der Waals surface area contributed by atoms with Crippen LogP contribution in [0.25, 0.3) is 149 Å². The van der Waals surface area contributed by atoms with Crippen LogP contribution in [-0.2, 0) is 0 Å². The van der Waals surface area contributed by atoms with Crippen LogP contribution in [-0.4, -0.2) is 19.5 Å². The summed E-state index contributed by atoms with van der Waals surface area (Å²) in [6, 6.07) is 82.3. The van der Waals surface area contributed by atoms with Crippen LogP contribution in [0.3, 0.4) is 0 Å². The molecule has 0 atom stereocenters. The molecule has 0 amide bonds. The fourth-order valence-corrected chi connectivity index (χ4v) is 11.0. The first-order chi connectivity index (χ1) is 34.7. The fraction of sp³-hybridized carbons (Fsp3) is 0. The Morgan fingerprint density at radius 2 is 0.886 bits per heavy atom. The molecule has 0 fully saturated rings. The molecule has 15 rings (SSSR count). The van der Waals surface area contributed by atoms with E-state index in [0.29, 0.717) is 17.5 Å². The van der Waals surface area contributed by atoms with Crippen molar-refractivity contribution in [2.24, 2.45) is 0 Å². The first-order valence-electron chi connectivity index (χ1n) is 23.7. The highest BCUT2D eigenvalue weighted by Crippen LogP contribution is 2.42. The van der Waals surface area contributed by atoms with Crippen LogP contribution in [0.4, 0.5) is 0 Å². The molecule has 0 unspecified atom stereocenters. The molecule has 5 heteroatoms. The summed E-state index contributed by atoms with van der Waals surface area (Å²) < 4.78 is 9.15. The lowest BCUT2D eigenvalue weighted by Crippen LogP contribution is -2.01. The molecule has 0 saturated heterocycles. The molecule has 5 nitrogen and oxygen atoms in total. The average Bonchev–Trinajstić information content (AvgIpc) is 3.98. The molecule has 12 aromatic carbocycles. The summed E-state index contributed by atoms with van der Waals surface area (Å²) >= 11 is 0. The minimum Gasteiger partial charge on any atom is -0.456 e. The molecule has 3 aromatic heterocycles. The molecular formula is C65H38N4O. The second kappa shape index (κ2) is 15.0. The van der Waals surface area contributed by atoms with E-state index in [0.717, 1.165) is 82.4 Å². The van der Waals surface area contributed by atoms with E-state index in [-0.39, 0.29) is 0 Å². The first-order valence-corrected chi connectivity index (χ1v) is 23.7. The van der Waals surface area contributed by atoms with Crippen molar-refractivity contribution in [1.82, 2.24) is 19.5 Å². The molecule has 0 aliphatic carbocycles.